The number of pyridine rings is 1. The van der Waals surface area contributed by atoms with E-state index in [0.29, 0.717) is 25.0 Å². The molecule has 6 nitrogen and oxygen atoms in total. The molecule has 1 aromatic rings. The molecule has 0 radical (unpaired) electrons. The van der Waals surface area contributed by atoms with Crippen molar-refractivity contribution in [1.29, 1.82) is 0 Å². The molecule has 0 amide bonds. The van der Waals surface area contributed by atoms with Gasteiger partial charge in [0.25, 0.3) is 0 Å². The van der Waals surface area contributed by atoms with Crippen LogP contribution in [-0.4, -0.2) is 68.1 Å². The average Bonchev–Trinajstić information content (AvgIpc) is 2.56. The molecule has 2 saturated heterocycles. The molecule has 0 spiro atoms. The topological polar surface area (TPSA) is 65.5 Å². The molecular formula is C16H27ClN4O2S. The number of hydrogen-bond donors (Lipinski definition) is 1. The molecule has 2 aliphatic heterocycles. The lowest BCUT2D eigenvalue weighted by atomic mass is 9.96. The van der Waals surface area contributed by atoms with E-state index in [1.54, 1.807) is 10.5 Å². The van der Waals surface area contributed by atoms with Crippen molar-refractivity contribution >= 4 is 22.4 Å². The van der Waals surface area contributed by atoms with Gasteiger partial charge in [-0.25, -0.2) is 12.7 Å². The maximum absolute atomic E-state index is 11.8. The van der Waals surface area contributed by atoms with E-state index in [1.165, 1.54) is 11.8 Å². The molecular weight excluding hydrogens is 348 g/mol. The Labute approximate surface area is 151 Å². The van der Waals surface area contributed by atoms with Crippen molar-refractivity contribution < 1.29 is 8.42 Å². The fraction of sp³-hybridized carbons (Fsp3) is 0.688. The van der Waals surface area contributed by atoms with Crippen molar-refractivity contribution in [3.8, 4) is 0 Å². The van der Waals surface area contributed by atoms with Crippen LogP contribution in [0, 0.1) is 5.92 Å². The zero-order valence-electron chi connectivity index (χ0n) is 14.1. The summed E-state index contributed by atoms with van der Waals surface area (Å²) < 4.78 is 25.2. The van der Waals surface area contributed by atoms with Gasteiger partial charge in [0, 0.05) is 57.7 Å². The van der Waals surface area contributed by atoms with Gasteiger partial charge in [-0.1, -0.05) is 6.07 Å². The number of piperazine rings is 1. The Kier molecular flexibility index (Phi) is 7.00. The molecule has 24 heavy (non-hydrogen) atoms. The molecule has 2 unspecified atom stereocenters. The largest absolute Gasteiger partial charge is 0.314 e. The summed E-state index contributed by atoms with van der Waals surface area (Å²) in [6.45, 7) is 5.18. The van der Waals surface area contributed by atoms with Crippen LogP contribution in [0.2, 0.25) is 0 Å². The first-order chi connectivity index (χ1) is 11.0. The summed E-state index contributed by atoms with van der Waals surface area (Å²) in [4.78, 5) is 6.73. The highest BCUT2D eigenvalue weighted by Crippen LogP contribution is 2.26. The Morgan fingerprint density at radius 1 is 1.38 bits per heavy atom. The van der Waals surface area contributed by atoms with Gasteiger partial charge in [0.15, 0.2) is 0 Å². The van der Waals surface area contributed by atoms with Gasteiger partial charge in [-0.2, -0.15) is 0 Å². The second kappa shape index (κ2) is 8.58. The minimum absolute atomic E-state index is 0. The molecule has 1 N–H and O–H groups in total. The van der Waals surface area contributed by atoms with E-state index in [0.717, 1.165) is 39.0 Å². The third-order valence-corrected chi connectivity index (χ3v) is 6.14. The van der Waals surface area contributed by atoms with Crippen LogP contribution < -0.4 is 5.32 Å². The predicted molar refractivity (Wildman–Crippen MR) is 97.8 cm³/mol. The fourth-order valence-corrected chi connectivity index (χ4v) is 4.62. The summed E-state index contributed by atoms with van der Waals surface area (Å²) in [6, 6.07) is 4.43. The van der Waals surface area contributed by atoms with Gasteiger partial charge in [0.2, 0.25) is 10.0 Å². The summed E-state index contributed by atoms with van der Waals surface area (Å²) in [7, 11) is -3.07. The van der Waals surface area contributed by atoms with Crippen LogP contribution in [0.3, 0.4) is 0 Å². The smallest absolute Gasteiger partial charge is 0.211 e. The minimum atomic E-state index is -3.07. The maximum Gasteiger partial charge on any atom is 0.211 e. The summed E-state index contributed by atoms with van der Waals surface area (Å²) in [6.07, 6.45) is 7.12. The summed E-state index contributed by atoms with van der Waals surface area (Å²) in [5.74, 6) is 0.413. The van der Waals surface area contributed by atoms with Crippen LogP contribution in [0.25, 0.3) is 0 Å². The lowest BCUT2D eigenvalue weighted by molar-refractivity contribution is 0.115. The number of sulfonamides is 1. The Morgan fingerprint density at radius 3 is 2.92 bits per heavy atom. The van der Waals surface area contributed by atoms with Gasteiger partial charge in [-0.15, -0.1) is 12.4 Å². The van der Waals surface area contributed by atoms with Crippen molar-refractivity contribution in [3.63, 3.8) is 0 Å². The first kappa shape index (κ1) is 19.6. The quantitative estimate of drug-likeness (QED) is 0.855. The summed E-state index contributed by atoms with van der Waals surface area (Å²) >= 11 is 0. The minimum Gasteiger partial charge on any atom is -0.314 e. The second-order valence-corrected chi connectivity index (χ2v) is 8.61. The van der Waals surface area contributed by atoms with Crippen LogP contribution >= 0.6 is 12.4 Å². The maximum atomic E-state index is 11.8. The number of nitrogens with one attached hydrogen (secondary N) is 1. The molecule has 8 heteroatoms. The molecule has 2 atom stereocenters. The van der Waals surface area contributed by atoms with Crippen LogP contribution in [-0.2, 0) is 10.0 Å². The van der Waals surface area contributed by atoms with Gasteiger partial charge in [-0.05, 0) is 30.4 Å². The number of aromatic nitrogens is 1. The van der Waals surface area contributed by atoms with Gasteiger partial charge in [0.1, 0.15) is 0 Å². The Morgan fingerprint density at radius 2 is 2.21 bits per heavy atom. The molecule has 0 aliphatic carbocycles. The fourth-order valence-electron chi connectivity index (χ4n) is 3.68. The predicted octanol–water partition coefficient (Wildman–Crippen LogP) is 1.12. The van der Waals surface area contributed by atoms with Crippen LogP contribution in [0.1, 0.15) is 24.4 Å². The zero-order chi connectivity index (χ0) is 16.3. The molecule has 0 saturated carbocycles. The number of halogens is 1. The van der Waals surface area contributed by atoms with E-state index < -0.39 is 10.0 Å². The highest BCUT2D eigenvalue weighted by atomic mass is 35.5. The number of rotatable bonds is 4. The highest BCUT2D eigenvalue weighted by molar-refractivity contribution is 7.88. The van der Waals surface area contributed by atoms with Gasteiger partial charge in [0.05, 0.1) is 6.26 Å². The molecule has 3 heterocycles. The molecule has 3 rings (SSSR count). The number of nitrogens with zero attached hydrogens (tertiary/aromatic N) is 3. The molecule has 2 aliphatic rings. The van der Waals surface area contributed by atoms with E-state index in [-0.39, 0.29) is 12.4 Å². The summed E-state index contributed by atoms with van der Waals surface area (Å²) in [5.41, 5.74) is 1.23. The Balaban J connectivity index is 0.00000208. The van der Waals surface area contributed by atoms with Crippen molar-refractivity contribution in [2.24, 2.45) is 5.92 Å². The monoisotopic (exact) mass is 374 g/mol. The zero-order valence-corrected chi connectivity index (χ0v) is 15.7. The van der Waals surface area contributed by atoms with Gasteiger partial charge in [-0.3, -0.25) is 9.88 Å². The van der Waals surface area contributed by atoms with E-state index in [1.807, 2.05) is 12.3 Å². The van der Waals surface area contributed by atoms with Gasteiger partial charge >= 0.3 is 0 Å². The third kappa shape index (κ3) is 4.89. The normalized spacial score (nSPS) is 26.7. The standard InChI is InChI=1S/C16H26N4O2S.ClH/c1-23(21,22)20-8-3-4-14(13-20)12-19-9-7-18-11-16(19)15-5-2-6-17-10-15;/h2,5-6,10,14,16,18H,3-4,7-9,11-13H2,1H3;1H. The number of piperidine rings is 1. The second-order valence-electron chi connectivity index (χ2n) is 6.63. The highest BCUT2D eigenvalue weighted by Gasteiger charge is 2.30. The van der Waals surface area contributed by atoms with Crippen LogP contribution in [0.4, 0.5) is 0 Å². The SMILES string of the molecule is CS(=O)(=O)N1CCCC(CN2CCNCC2c2cccnc2)C1.Cl. The molecule has 136 valence electrons. The van der Waals surface area contributed by atoms with Gasteiger partial charge < -0.3 is 5.32 Å². The first-order valence-corrected chi connectivity index (χ1v) is 10.2. The first-order valence-electron chi connectivity index (χ1n) is 8.34. The Bertz CT molecular complexity index is 614. The van der Waals surface area contributed by atoms with Crippen molar-refractivity contribution in [2.45, 2.75) is 18.9 Å². The number of hydrogen-bond acceptors (Lipinski definition) is 5. The van der Waals surface area contributed by atoms with E-state index in [9.17, 15) is 8.42 Å². The van der Waals surface area contributed by atoms with E-state index >= 15 is 0 Å². The van der Waals surface area contributed by atoms with Crippen molar-refractivity contribution in [2.75, 3.05) is 45.5 Å². The molecule has 2 fully saturated rings. The van der Waals surface area contributed by atoms with Crippen LogP contribution in [0.5, 0.6) is 0 Å². The lowest BCUT2D eigenvalue weighted by Gasteiger charge is -2.40. The molecule has 1 aromatic heterocycles. The molecule has 0 bridgehead atoms. The van der Waals surface area contributed by atoms with Crippen molar-refractivity contribution in [1.82, 2.24) is 19.5 Å². The third-order valence-electron chi connectivity index (χ3n) is 4.87. The van der Waals surface area contributed by atoms with Crippen molar-refractivity contribution in [3.05, 3.63) is 30.1 Å². The Hall–Kier alpha value is -0.730. The molecule has 0 aromatic carbocycles. The summed E-state index contributed by atoms with van der Waals surface area (Å²) in [5, 5.41) is 3.46. The van der Waals surface area contributed by atoms with E-state index in [4.69, 9.17) is 0 Å². The lowest BCUT2D eigenvalue weighted by Crippen LogP contribution is -2.50. The average molecular weight is 375 g/mol. The van der Waals surface area contributed by atoms with E-state index in [2.05, 4.69) is 21.3 Å². The van der Waals surface area contributed by atoms with Crippen LogP contribution in [0.15, 0.2) is 24.5 Å².